The summed E-state index contributed by atoms with van der Waals surface area (Å²) in [6.45, 7) is 1.71. The van der Waals surface area contributed by atoms with Crippen LogP contribution in [0.2, 0.25) is 0 Å². The Morgan fingerprint density at radius 1 is 1.56 bits per heavy atom. The first-order valence-corrected chi connectivity index (χ1v) is 4.54. The summed E-state index contributed by atoms with van der Waals surface area (Å²) in [5, 5.41) is 15.5. The monoisotopic (exact) mass is 219 g/mol. The van der Waals surface area contributed by atoms with Crippen molar-refractivity contribution in [3.63, 3.8) is 0 Å². The van der Waals surface area contributed by atoms with Crippen molar-refractivity contribution in [3.8, 4) is 5.75 Å². The number of anilines is 1. The summed E-state index contributed by atoms with van der Waals surface area (Å²) in [5.41, 5.74) is 0.135. The predicted octanol–water partition coefficient (Wildman–Crippen LogP) is 1.34. The molecule has 0 bridgehead atoms. The van der Waals surface area contributed by atoms with Crippen LogP contribution in [0.5, 0.6) is 5.75 Å². The van der Waals surface area contributed by atoms with Crippen LogP contribution in [0.1, 0.15) is 16.1 Å². The van der Waals surface area contributed by atoms with Gasteiger partial charge >= 0.3 is 0 Å². The summed E-state index contributed by atoms with van der Waals surface area (Å²) in [4.78, 5) is 15.3. The van der Waals surface area contributed by atoms with Crippen LogP contribution < -0.4 is 5.32 Å². The number of amides is 1. The number of pyridine rings is 1. The Bertz CT molecular complexity index is 522. The van der Waals surface area contributed by atoms with E-state index in [2.05, 4.69) is 15.5 Å². The van der Waals surface area contributed by atoms with E-state index in [1.54, 1.807) is 13.0 Å². The molecule has 2 heterocycles. The molecule has 0 fully saturated rings. The molecule has 0 aromatic carbocycles. The standard InChI is InChI=1S/C10H9N3O3/c1-6-4-9(13-16-6)12-10(15)7-2-3-11-5-8(7)14/h2-5,14H,1H3,(H,12,13,15). The molecule has 0 aliphatic heterocycles. The first-order valence-electron chi connectivity index (χ1n) is 4.54. The second-order valence-corrected chi connectivity index (χ2v) is 3.17. The zero-order valence-electron chi connectivity index (χ0n) is 8.47. The number of nitrogens with zero attached hydrogens (tertiary/aromatic N) is 2. The first kappa shape index (κ1) is 10.2. The van der Waals surface area contributed by atoms with Crippen LogP contribution in [0.15, 0.2) is 29.0 Å². The van der Waals surface area contributed by atoms with Gasteiger partial charge in [-0.15, -0.1) is 0 Å². The van der Waals surface area contributed by atoms with E-state index in [0.29, 0.717) is 11.6 Å². The third-order valence-electron chi connectivity index (χ3n) is 1.91. The SMILES string of the molecule is Cc1cc(NC(=O)c2ccncc2O)no1. The fourth-order valence-electron chi connectivity index (χ4n) is 1.19. The second kappa shape index (κ2) is 4.01. The fraction of sp³-hybridized carbons (Fsp3) is 0.100. The molecule has 0 spiro atoms. The minimum Gasteiger partial charge on any atom is -0.505 e. The normalized spacial score (nSPS) is 10.1. The molecular formula is C10H9N3O3. The number of hydrogen-bond acceptors (Lipinski definition) is 5. The van der Waals surface area contributed by atoms with Gasteiger partial charge in [0.15, 0.2) is 5.82 Å². The van der Waals surface area contributed by atoms with Crippen molar-refractivity contribution < 1.29 is 14.4 Å². The van der Waals surface area contributed by atoms with E-state index in [1.165, 1.54) is 18.5 Å². The molecule has 1 amide bonds. The van der Waals surface area contributed by atoms with Crippen LogP contribution in [0.4, 0.5) is 5.82 Å². The lowest BCUT2D eigenvalue weighted by atomic mass is 10.2. The maximum absolute atomic E-state index is 11.7. The van der Waals surface area contributed by atoms with Crippen LogP contribution in [-0.4, -0.2) is 21.2 Å². The molecule has 0 aliphatic rings. The molecular weight excluding hydrogens is 210 g/mol. The lowest BCUT2D eigenvalue weighted by Crippen LogP contribution is -2.12. The topological polar surface area (TPSA) is 88.2 Å². The lowest BCUT2D eigenvalue weighted by Gasteiger charge is -2.02. The van der Waals surface area contributed by atoms with Gasteiger partial charge in [-0.25, -0.2) is 0 Å². The minimum atomic E-state index is -0.465. The number of aryl methyl sites for hydroxylation is 1. The number of hydrogen-bond donors (Lipinski definition) is 2. The number of nitrogens with one attached hydrogen (secondary N) is 1. The number of aromatic nitrogens is 2. The smallest absolute Gasteiger partial charge is 0.260 e. The molecule has 0 unspecified atom stereocenters. The van der Waals surface area contributed by atoms with E-state index in [9.17, 15) is 9.90 Å². The maximum atomic E-state index is 11.7. The minimum absolute atomic E-state index is 0.135. The van der Waals surface area contributed by atoms with Crippen molar-refractivity contribution in [2.75, 3.05) is 5.32 Å². The summed E-state index contributed by atoms with van der Waals surface area (Å²) < 4.78 is 4.79. The van der Waals surface area contributed by atoms with Crippen molar-refractivity contribution in [1.29, 1.82) is 0 Å². The molecule has 2 aromatic rings. The molecule has 0 saturated carbocycles. The Balaban J connectivity index is 2.18. The summed E-state index contributed by atoms with van der Waals surface area (Å²) in [5.74, 6) is 0.251. The van der Waals surface area contributed by atoms with Crippen LogP contribution >= 0.6 is 0 Å². The first-order chi connectivity index (χ1) is 7.66. The van der Waals surface area contributed by atoms with E-state index >= 15 is 0 Å². The molecule has 2 N–H and O–H groups in total. The molecule has 0 atom stereocenters. The molecule has 0 aliphatic carbocycles. The van der Waals surface area contributed by atoms with Crippen molar-refractivity contribution in [3.05, 3.63) is 35.9 Å². The summed E-state index contributed by atoms with van der Waals surface area (Å²) >= 11 is 0. The average Bonchev–Trinajstić information content (AvgIpc) is 2.64. The lowest BCUT2D eigenvalue weighted by molar-refractivity contribution is 0.102. The molecule has 82 valence electrons. The zero-order valence-corrected chi connectivity index (χ0v) is 8.47. The second-order valence-electron chi connectivity index (χ2n) is 3.17. The highest BCUT2D eigenvalue weighted by atomic mass is 16.5. The number of carbonyl (C=O) groups excluding carboxylic acids is 1. The van der Waals surface area contributed by atoms with Crippen molar-refractivity contribution >= 4 is 11.7 Å². The van der Waals surface area contributed by atoms with Gasteiger partial charge in [-0.3, -0.25) is 9.78 Å². The van der Waals surface area contributed by atoms with Gasteiger partial charge in [0.1, 0.15) is 11.5 Å². The summed E-state index contributed by atoms with van der Waals surface area (Å²) in [6.07, 6.45) is 2.62. The fourth-order valence-corrected chi connectivity index (χ4v) is 1.19. The molecule has 2 rings (SSSR count). The van der Waals surface area contributed by atoms with Gasteiger partial charge in [0.05, 0.1) is 11.8 Å². The Kier molecular flexibility index (Phi) is 2.55. The summed E-state index contributed by atoms with van der Waals surface area (Å²) in [6, 6.07) is 2.99. The number of carbonyl (C=O) groups is 1. The maximum Gasteiger partial charge on any atom is 0.260 e. The van der Waals surface area contributed by atoms with Crippen LogP contribution in [-0.2, 0) is 0 Å². The molecule has 2 aromatic heterocycles. The van der Waals surface area contributed by atoms with Gasteiger partial charge in [-0.1, -0.05) is 5.16 Å². The molecule has 6 nitrogen and oxygen atoms in total. The third-order valence-corrected chi connectivity index (χ3v) is 1.91. The van der Waals surface area contributed by atoms with Gasteiger partial charge in [-0.2, -0.15) is 0 Å². The van der Waals surface area contributed by atoms with Crippen LogP contribution in [0, 0.1) is 6.92 Å². The Morgan fingerprint density at radius 3 is 3.00 bits per heavy atom. The Morgan fingerprint density at radius 2 is 2.38 bits per heavy atom. The van der Waals surface area contributed by atoms with E-state index < -0.39 is 5.91 Å². The van der Waals surface area contributed by atoms with Gasteiger partial charge in [0.25, 0.3) is 5.91 Å². The van der Waals surface area contributed by atoms with Crippen LogP contribution in [0.3, 0.4) is 0 Å². The van der Waals surface area contributed by atoms with E-state index in [-0.39, 0.29) is 11.3 Å². The summed E-state index contributed by atoms with van der Waals surface area (Å²) in [7, 11) is 0. The average molecular weight is 219 g/mol. The van der Waals surface area contributed by atoms with Gasteiger partial charge in [0, 0.05) is 12.3 Å². The Labute approximate surface area is 90.9 Å². The van der Waals surface area contributed by atoms with Crippen LogP contribution in [0.25, 0.3) is 0 Å². The van der Waals surface area contributed by atoms with Gasteiger partial charge < -0.3 is 14.9 Å². The van der Waals surface area contributed by atoms with E-state index in [0.717, 1.165) is 0 Å². The van der Waals surface area contributed by atoms with Crippen molar-refractivity contribution in [2.24, 2.45) is 0 Å². The number of rotatable bonds is 2. The third kappa shape index (κ3) is 2.00. The molecule has 6 heteroatoms. The highest BCUT2D eigenvalue weighted by molar-refractivity contribution is 6.05. The zero-order chi connectivity index (χ0) is 11.5. The quantitative estimate of drug-likeness (QED) is 0.795. The van der Waals surface area contributed by atoms with Gasteiger partial charge in [-0.05, 0) is 13.0 Å². The number of aromatic hydroxyl groups is 1. The van der Waals surface area contributed by atoms with Gasteiger partial charge in [0.2, 0.25) is 0 Å². The Hall–Kier alpha value is -2.37. The largest absolute Gasteiger partial charge is 0.505 e. The van der Waals surface area contributed by atoms with E-state index in [4.69, 9.17) is 4.52 Å². The van der Waals surface area contributed by atoms with Crippen molar-refractivity contribution in [2.45, 2.75) is 6.92 Å². The predicted molar refractivity (Wildman–Crippen MR) is 55.1 cm³/mol. The highest BCUT2D eigenvalue weighted by Gasteiger charge is 2.12. The molecule has 0 saturated heterocycles. The highest BCUT2D eigenvalue weighted by Crippen LogP contribution is 2.16. The van der Waals surface area contributed by atoms with Crippen molar-refractivity contribution in [1.82, 2.24) is 10.1 Å². The molecule has 0 radical (unpaired) electrons. The van der Waals surface area contributed by atoms with E-state index in [1.807, 2.05) is 0 Å². The molecule has 16 heavy (non-hydrogen) atoms.